The van der Waals surface area contributed by atoms with E-state index in [1.165, 1.54) is 0 Å². The van der Waals surface area contributed by atoms with Crippen LogP contribution in [0.3, 0.4) is 0 Å². The number of hydrazine groups is 1. The third-order valence-electron chi connectivity index (χ3n) is 4.75. The van der Waals surface area contributed by atoms with Gasteiger partial charge in [0.05, 0.1) is 11.0 Å². The maximum Gasteiger partial charge on any atom is 0.258 e. The average molecular weight is 484 g/mol. The SMILES string of the molecule is O=C(Cn1c(Cc2ccc(Cl)cc2Cl)nc2ccccc21)NNC(=S)Nc1ccccc1. The van der Waals surface area contributed by atoms with Gasteiger partial charge in [-0.2, -0.15) is 0 Å². The number of carbonyl (C=O) groups excluding carboxylic acids is 1. The van der Waals surface area contributed by atoms with Crippen LogP contribution in [0.4, 0.5) is 5.69 Å². The number of halogens is 2. The summed E-state index contributed by atoms with van der Waals surface area (Å²) in [6.45, 7) is 0.0575. The molecule has 9 heteroatoms. The number of amides is 1. The van der Waals surface area contributed by atoms with Gasteiger partial charge >= 0.3 is 0 Å². The molecule has 0 radical (unpaired) electrons. The number of nitrogens with one attached hydrogen (secondary N) is 3. The standard InChI is InChI=1S/C23H19Cl2N5OS/c24-16-11-10-15(18(25)13-16)12-21-27-19-8-4-5-9-20(19)30(21)14-22(31)28-29-23(32)26-17-6-2-1-3-7-17/h1-11,13H,12,14H2,(H,28,31)(H2,26,29,32). The van der Waals surface area contributed by atoms with Gasteiger partial charge in [-0.3, -0.25) is 15.6 Å². The van der Waals surface area contributed by atoms with Gasteiger partial charge in [0.1, 0.15) is 12.4 Å². The Kier molecular flexibility index (Phi) is 6.90. The summed E-state index contributed by atoms with van der Waals surface area (Å²) in [6, 6.07) is 22.5. The second-order valence-corrected chi connectivity index (χ2v) is 8.26. The molecule has 0 saturated carbocycles. The van der Waals surface area contributed by atoms with Crippen LogP contribution in [-0.4, -0.2) is 20.6 Å². The van der Waals surface area contributed by atoms with E-state index >= 15 is 0 Å². The molecule has 1 heterocycles. The molecule has 0 saturated heterocycles. The number of benzene rings is 3. The fraction of sp³-hybridized carbons (Fsp3) is 0.0870. The maximum atomic E-state index is 12.7. The van der Waals surface area contributed by atoms with Crippen molar-refractivity contribution < 1.29 is 4.79 Å². The van der Waals surface area contributed by atoms with E-state index in [0.717, 1.165) is 28.1 Å². The normalized spacial score (nSPS) is 10.7. The van der Waals surface area contributed by atoms with E-state index in [-0.39, 0.29) is 17.6 Å². The van der Waals surface area contributed by atoms with E-state index in [1.807, 2.05) is 65.2 Å². The fourth-order valence-corrected chi connectivity index (χ4v) is 3.91. The number of fused-ring (bicyclic) bond motifs is 1. The molecule has 4 rings (SSSR count). The first-order chi connectivity index (χ1) is 15.5. The molecule has 0 aliphatic rings. The quantitative estimate of drug-likeness (QED) is 0.276. The van der Waals surface area contributed by atoms with Gasteiger partial charge in [0.25, 0.3) is 5.91 Å². The predicted octanol–water partition coefficient (Wildman–Crippen LogP) is 4.95. The van der Waals surface area contributed by atoms with Gasteiger partial charge in [-0.1, -0.05) is 59.6 Å². The number of imidazole rings is 1. The summed E-state index contributed by atoms with van der Waals surface area (Å²) < 4.78 is 1.87. The monoisotopic (exact) mass is 483 g/mol. The minimum Gasteiger partial charge on any atom is -0.331 e. The summed E-state index contributed by atoms with van der Waals surface area (Å²) in [6.07, 6.45) is 0.458. The van der Waals surface area contributed by atoms with Gasteiger partial charge in [0.15, 0.2) is 5.11 Å². The molecule has 0 fully saturated rings. The van der Waals surface area contributed by atoms with Crippen molar-refractivity contribution in [1.29, 1.82) is 0 Å². The van der Waals surface area contributed by atoms with Crippen molar-refractivity contribution in [2.24, 2.45) is 0 Å². The number of nitrogens with zero attached hydrogens (tertiary/aromatic N) is 2. The Hall–Kier alpha value is -3.13. The zero-order valence-corrected chi connectivity index (χ0v) is 19.1. The highest BCUT2D eigenvalue weighted by Crippen LogP contribution is 2.25. The summed E-state index contributed by atoms with van der Waals surface area (Å²) in [5.74, 6) is 0.448. The smallest absolute Gasteiger partial charge is 0.258 e. The zero-order valence-electron chi connectivity index (χ0n) is 16.8. The van der Waals surface area contributed by atoms with Crippen molar-refractivity contribution in [3.05, 3.63) is 94.2 Å². The molecule has 0 aliphatic carbocycles. The number of aromatic nitrogens is 2. The van der Waals surface area contributed by atoms with Crippen molar-refractivity contribution >= 4 is 63.2 Å². The summed E-state index contributed by atoms with van der Waals surface area (Å²) in [7, 11) is 0. The Morgan fingerprint density at radius 3 is 2.50 bits per heavy atom. The van der Waals surface area contributed by atoms with E-state index in [9.17, 15) is 4.79 Å². The van der Waals surface area contributed by atoms with E-state index in [1.54, 1.807) is 12.1 Å². The molecule has 3 aromatic carbocycles. The first-order valence-corrected chi connectivity index (χ1v) is 10.9. The fourth-order valence-electron chi connectivity index (χ4n) is 3.27. The van der Waals surface area contributed by atoms with Crippen LogP contribution in [0.15, 0.2) is 72.8 Å². The summed E-state index contributed by atoms with van der Waals surface area (Å²) in [5, 5.41) is 4.41. The van der Waals surface area contributed by atoms with E-state index in [0.29, 0.717) is 16.5 Å². The summed E-state index contributed by atoms with van der Waals surface area (Å²) >= 11 is 17.6. The molecular weight excluding hydrogens is 465 g/mol. The number of thiocarbonyl (C=S) groups is 1. The molecule has 1 aromatic heterocycles. The number of hydrogen-bond acceptors (Lipinski definition) is 3. The first-order valence-electron chi connectivity index (χ1n) is 9.78. The van der Waals surface area contributed by atoms with Crippen LogP contribution in [0.25, 0.3) is 11.0 Å². The number of anilines is 1. The zero-order chi connectivity index (χ0) is 22.5. The summed E-state index contributed by atoms with van der Waals surface area (Å²) in [4.78, 5) is 17.4. The topological polar surface area (TPSA) is 71.0 Å². The molecule has 162 valence electrons. The van der Waals surface area contributed by atoms with Gasteiger partial charge < -0.3 is 9.88 Å². The van der Waals surface area contributed by atoms with Gasteiger partial charge in [-0.25, -0.2) is 4.98 Å². The third kappa shape index (κ3) is 5.37. The maximum absolute atomic E-state index is 12.7. The minimum absolute atomic E-state index is 0.0575. The molecule has 0 spiro atoms. The molecule has 0 unspecified atom stereocenters. The summed E-state index contributed by atoms with van der Waals surface area (Å²) in [5.41, 5.74) is 8.71. The van der Waals surface area contributed by atoms with E-state index in [4.69, 9.17) is 40.4 Å². The third-order valence-corrected chi connectivity index (χ3v) is 5.54. The van der Waals surface area contributed by atoms with Crippen molar-refractivity contribution in [3.8, 4) is 0 Å². The highest BCUT2D eigenvalue weighted by atomic mass is 35.5. The van der Waals surface area contributed by atoms with Crippen LogP contribution in [0.2, 0.25) is 10.0 Å². The molecule has 32 heavy (non-hydrogen) atoms. The largest absolute Gasteiger partial charge is 0.331 e. The Balaban J connectivity index is 1.48. The van der Waals surface area contributed by atoms with E-state index < -0.39 is 0 Å². The van der Waals surface area contributed by atoms with E-state index in [2.05, 4.69) is 16.2 Å². The highest BCUT2D eigenvalue weighted by Gasteiger charge is 2.15. The van der Waals surface area contributed by atoms with Crippen LogP contribution < -0.4 is 16.2 Å². The lowest BCUT2D eigenvalue weighted by atomic mass is 10.1. The Morgan fingerprint density at radius 2 is 1.72 bits per heavy atom. The minimum atomic E-state index is -0.270. The lowest BCUT2D eigenvalue weighted by molar-refractivity contribution is -0.122. The van der Waals surface area contributed by atoms with Crippen molar-refractivity contribution in [2.45, 2.75) is 13.0 Å². The van der Waals surface area contributed by atoms with Crippen LogP contribution in [-0.2, 0) is 17.8 Å². The van der Waals surface area contributed by atoms with Gasteiger partial charge in [0, 0.05) is 22.2 Å². The molecular formula is C23H19Cl2N5OS. The first kappa shape index (κ1) is 22.1. The Bertz CT molecular complexity index is 1280. The number of hydrogen-bond donors (Lipinski definition) is 3. The number of rotatable bonds is 5. The second-order valence-electron chi connectivity index (χ2n) is 7.01. The molecule has 3 N–H and O–H groups in total. The molecule has 4 aromatic rings. The lowest BCUT2D eigenvalue weighted by Crippen LogP contribution is -2.45. The van der Waals surface area contributed by atoms with Crippen molar-refractivity contribution in [1.82, 2.24) is 20.4 Å². The Morgan fingerprint density at radius 1 is 0.969 bits per heavy atom. The van der Waals surface area contributed by atoms with Crippen molar-refractivity contribution in [3.63, 3.8) is 0 Å². The van der Waals surface area contributed by atoms with Crippen LogP contribution in [0.1, 0.15) is 11.4 Å². The van der Waals surface area contributed by atoms with Gasteiger partial charge in [-0.05, 0) is 54.2 Å². The second kappa shape index (κ2) is 9.99. The number of para-hydroxylation sites is 3. The van der Waals surface area contributed by atoms with Gasteiger partial charge in [0.2, 0.25) is 0 Å². The number of carbonyl (C=O) groups is 1. The van der Waals surface area contributed by atoms with Gasteiger partial charge in [-0.15, -0.1) is 0 Å². The average Bonchev–Trinajstić information content (AvgIpc) is 3.12. The lowest BCUT2D eigenvalue weighted by Gasteiger charge is -2.13. The molecule has 0 atom stereocenters. The molecule has 0 aliphatic heterocycles. The molecule has 6 nitrogen and oxygen atoms in total. The van der Waals surface area contributed by atoms with Crippen LogP contribution in [0.5, 0.6) is 0 Å². The van der Waals surface area contributed by atoms with Crippen LogP contribution >= 0.6 is 35.4 Å². The molecule has 1 amide bonds. The van der Waals surface area contributed by atoms with Crippen LogP contribution in [0, 0.1) is 0 Å². The molecule has 0 bridgehead atoms. The van der Waals surface area contributed by atoms with Crippen molar-refractivity contribution in [2.75, 3.05) is 5.32 Å². The Labute approximate surface area is 200 Å². The highest BCUT2D eigenvalue weighted by molar-refractivity contribution is 7.80. The predicted molar refractivity (Wildman–Crippen MR) is 133 cm³/mol.